The van der Waals surface area contributed by atoms with Gasteiger partial charge in [-0.25, -0.2) is 0 Å². The molecular weight excluding hydrogens is 336 g/mol. The molecule has 2 aromatic carbocycles. The Morgan fingerprint density at radius 3 is 1.70 bits per heavy atom. The van der Waals surface area contributed by atoms with Gasteiger partial charge in [-0.3, -0.25) is 9.59 Å². The lowest BCUT2D eigenvalue weighted by Crippen LogP contribution is -2.47. The average molecular weight is 369 g/mol. The summed E-state index contributed by atoms with van der Waals surface area (Å²) in [6.07, 6.45) is 0. The molecule has 0 aliphatic rings. The normalized spacial score (nSPS) is 12.8. The minimum Gasteiger partial charge on any atom is -0.349 e. The third-order valence-corrected chi connectivity index (χ3v) is 4.43. The molecule has 0 aliphatic carbocycles. The second-order valence-corrected chi connectivity index (χ2v) is 6.87. The van der Waals surface area contributed by atoms with Crippen molar-refractivity contribution >= 4 is 11.8 Å². The van der Waals surface area contributed by atoms with Crippen molar-refractivity contribution in [3.05, 3.63) is 71.8 Å². The molecule has 1 unspecified atom stereocenters. The van der Waals surface area contributed by atoms with E-state index in [4.69, 9.17) is 0 Å². The summed E-state index contributed by atoms with van der Waals surface area (Å²) in [4.78, 5) is 24.7. The zero-order valence-corrected chi connectivity index (χ0v) is 17.2. The Morgan fingerprint density at radius 1 is 0.815 bits per heavy atom. The van der Waals surface area contributed by atoms with Crippen molar-refractivity contribution in [1.82, 2.24) is 10.6 Å². The van der Waals surface area contributed by atoms with E-state index in [-0.39, 0.29) is 17.9 Å². The van der Waals surface area contributed by atoms with Crippen LogP contribution in [0.15, 0.2) is 60.7 Å². The molecule has 0 heterocycles. The lowest BCUT2D eigenvalue weighted by Gasteiger charge is -2.35. The first-order valence-corrected chi connectivity index (χ1v) is 9.50. The van der Waals surface area contributed by atoms with Crippen LogP contribution >= 0.6 is 0 Å². The Kier molecular flexibility index (Phi) is 8.73. The summed E-state index contributed by atoms with van der Waals surface area (Å²) in [5, 5.41) is 6.00. The van der Waals surface area contributed by atoms with Crippen LogP contribution in [0, 0.1) is 5.41 Å². The molecule has 0 spiro atoms. The molecule has 0 radical (unpaired) electrons. The van der Waals surface area contributed by atoms with E-state index in [9.17, 15) is 9.59 Å². The average Bonchev–Trinajstić information content (AvgIpc) is 2.68. The van der Waals surface area contributed by atoms with Crippen molar-refractivity contribution < 1.29 is 9.59 Å². The maximum atomic E-state index is 13.0. The fourth-order valence-electron chi connectivity index (χ4n) is 2.87. The van der Waals surface area contributed by atoms with Gasteiger partial charge in [0.2, 0.25) is 11.8 Å². The third-order valence-electron chi connectivity index (χ3n) is 4.43. The first-order valence-electron chi connectivity index (χ1n) is 9.50. The van der Waals surface area contributed by atoms with Gasteiger partial charge in [0, 0.05) is 6.92 Å². The Morgan fingerprint density at radius 2 is 1.26 bits per heavy atom. The maximum Gasteiger partial charge on any atom is 0.228 e. The minimum absolute atomic E-state index is 0.105. The number of hydrogen-bond acceptors (Lipinski definition) is 2. The van der Waals surface area contributed by atoms with Crippen LogP contribution in [0.25, 0.3) is 0 Å². The molecule has 27 heavy (non-hydrogen) atoms. The summed E-state index contributed by atoms with van der Waals surface area (Å²) in [7, 11) is 0. The van der Waals surface area contributed by atoms with Gasteiger partial charge in [0.25, 0.3) is 0 Å². The highest BCUT2D eigenvalue weighted by atomic mass is 16.2. The molecule has 0 saturated carbocycles. The van der Waals surface area contributed by atoms with Crippen LogP contribution in [0.4, 0.5) is 0 Å². The molecule has 0 saturated heterocycles. The summed E-state index contributed by atoms with van der Waals surface area (Å²) in [6.45, 7) is 11.1. The number of nitrogens with one attached hydrogen (secondary N) is 2. The number of rotatable bonds is 6. The largest absolute Gasteiger partial charge is 0.349 e. The second kappa shape index (κ2) is 10.5. The number of benzene rings is 2. The van der Waals surface area contributed by atoms with Crippen molar-refractivity contribution in [1.29, 1.82) is 0 Å². The molecular formula is C23H32N2O2. The zero-order chi connectivity index (χ0) is 20.4. The van der Waals surface area contributed by atoms with E-state index in [0.717, 1.165) is 11.1 Å². The van der Waals surface area contributed by atoms with Crippen molar-refractivity contribution in [3.63, 3.8) is 0 Å². The van der Waals surface area contributed by atoms with Gasteiger partial charge in [0.05, 0.1) is 17.5 Å². The standard InChI is InChI=1S/C21H26N2O2.C2H6/c1-15(17-11-7-5-8-12-17)22-20(25)21(3,4)19(23-16(2)24)18-13-9-6-10-14-18;1-2/h5-15,19H,1-4H3,(H,22,25)(H,23,24);1-2H3/t15-,19?;/m1./s1. The third kappa shape index (κ3) is 6.24. The van der Waals surface area contributed by atoms with Gasteiger partial charge in [-0.05, 0) is 31.9 Å². The molecule has 2 amide bonds. The van der Waals surface area contributed by atoms with Crippen molar-refractivity contribution in [2.75, 3.05) is 0 Å². The van der Waals surface area contributed by atoms with E-state index >= 15 is 0 Å². The number of amides is 2. The minimum atomic E-state index is -0.809. The summed E-state index contributed by atoms with van der Waals surface area (Å²) in [5.41, 5.74) is 1.14. The first kappa shape index (κ1) is 22.4. The predicted molar refractivity (Wildman–Crippen MR) is 111 cm³/mol. The van der Waals surface area contributed by atoms with Crippen molar-refractivity contribution in [2.45, 2.75) is 53.6 Å². The SMILES string of the molecule is CC.CC(=O)NC(c1ccccc1)C(C)(C)C(=O)N[C@H](C)c1ccccc1. The highest BCUT2D eigenvalue weighted by molar-refractivity contribution is 5.84. The molecule has 146 valence electrons. The highest BCUT2D eigenvalue weighted by Gasteiger charge is 2.39. The van der Waals surface area contributed by atoms with Gasteiger partial charge in [-0.2, -0.15) is 0 Å². The highest BCUT2D eigenvalue weighted by Crippen LogP contribution is 2.34. The quantitative estimate of drug-likeness (QED) is 0.770. The van der Waals surface area contributed by atoms with E-state index in [1.54, 1.807) is 0 Å². The summed E-state index contributed by atoms with van der Waals surface area (Å²) in [6, 6.07) is 18.9. The van der Waals surface area contributed by atoms with Crippen LogP contribution in [0.3, 0.4) is 0 Å². The van der Waals surface area contributed by atoms with Gasteiger partial charge in [-0.1, -0.05) is 74.5 Å². The van der Waals surface area contributed by atoms with Crippen molar-refractivity contribution in [3.8, 4) is 0 Å². The summed E-state index contributed by atoms with van der Waals surface area (Å²) >= 11 is 0. The summed E-state index contributed by atoms with van der Waals surface area (Å²) in [5.74, 6) is -0.266. The van der Waals surface area contributed by atoms with Crippen molar-refractivity contribution in [2.24, 2.45) is 5.41 Å². The fourth-order valence-corrected chi connectivity index (χ4v) is 2.87. The van der Waals surface area contributed by atoms with Gasteiger partial charge >= 0.3 is 0 Å². The van der Waals surface area contributed by atoms with E-state index in [1.807, 2.05) is 95.3 Å². The molecule has 2 N–H and O–H groups in total. The molecule has 2 rings (SSSR count). The zero-order valence-electron chi connectivity index (χ0n) is 17.2. The fraction of sp³-hybridized carbons (Fsp3) is 0.391. The van der Waals surface area contributed by atoms with Crippen LogP contribution in [0.5, 0.6) is 0 Å². The van der Waals surface area contributed by atoms with Crippen LogP contribution in [-0.2, 0) is 9.59 Å². The van der Waals surface area contributed by atoms with Gasteiger partial charge < -0.3 is 10.6 Å². The van der Waals surface area contributed by atoms with E-state index in [1.165, 1.54) is 6.92 Å². The first-order chi connectivity index (χ1) is 12.8. The molecule has 0 fully saturated rings. The lowest BCUT2D eigenvalue weighted by molar-refractivity contribution is -0.132. The smallest absolute Gasteiger partial charge is 0.228 e. The molecule has 2 aromatic rings. The van der Waals surface area contributed by atoms with Crippen LogP contribution in [-0.4, -0.2) is 11.8 Å². The van der Waals surface area contributed by atoms with Crippen LogP contribution in [0.1, 0.15) is 64.8 Å². The lowest BCUT2D eigenvalue weighted by atomic mass is 9.79. The van der Waals surface area contributed by atoms with Gasteiger partial charge in [0.1, 0.15) is 0 Å². The molecule has 2 atom stereocenters. The number of carbonyl (C=O) groups is 2. The molecule has 4 heteroatoms. The van der Waals surface area contributed by atoms with E-state index < -0.39 is 11.5 Å². The maximum absolute atomic E-state index is 13.0. The Labute approximate surface area is 163 Å². The predicted octanol–water partition coefficient (Wildman–Crippen LogP) is 4.79. The van der Waals surface area contributed by atoms with Crippen LogP contribution < -0.4 is 10.6 Å². The number of carbonyl (C=O) groups excluding carboxylic acids is 2. The van der Waals surface area contributed by atoms with Gasteiger partial charge in [-0.15, -0.1) is 0 Å². The monoisotopic (exact) mass is 368 g/mol. The van der Waals surface area contributed by atoms with Gasteiger partial charge in [0.15, 0.2) is 0 Å². The molecule has 0 aliphatic heterocycles. The van der Waals surface area contributed by atoms with E-state index in [0.29, 0.717) is 0 Å². The molecule has 4 nitrogen and oxygen atoms in total. The topological polar surface area (TPSA) is 58.2 Å². The van der Waals surface area contributed by atoms with Crippen LogP contribution in [0.2, 0.25) is 0 Å². The molecule has 0 bridgehead atoms. The Balaban J connectivity index is 0.00000176. The molecule has 0 aromatic heterocycles. The number of hydrogen-bond donors (Lipinski definition) is 2. The Hall–Kier alpha value is -2.62. The Bertz CT molecular complexity index is 712. The van der Waals surface area contributed by atoms with E-state index in [2.05, 4.69) is 10.6 Å². The second-order valence-electron chi connectivity index (χ2n) is 6.87. The summed E-state index contributed by atoms with van der Waals surface area (Å²) < 4.78 is 0.